The lowest BCUT2D eigenvalue weighted by molar-refractivity contribution is 0.0509. The second kappa shape index (κ2) is 6.74. The van der Waals surface area contributed by atoms with Crippen molar-refractivity contribution >= 4 is 40.8 Å². The first kappa shape index (κ1) is 17.2. The molecule has 4 nitrogen and oxygen atoms in total. The van der Waals surface area contributed by atoms with E-state index in [9.17, 15) is 15.0 Å². The number of hydrogen-bond acceptors (Lipinski definition) is 4. The molecule has 1 aromatic carbocycles. The summed E-state index contributed by atoms with van der Waals surface area (Å²) in [7, 11) is 0. The van der Waals surface area contributed by atoms with Gasteiger partial charge in [0.25, 0.3) is 0 Å². The second-order valence-corrected chi connectivity index (χ2v) is 6.85. The van der Waals surface area contributed by atoms with Gasteiger partial charge in [-0.25, -0.2) is 4.79 Å². The fourth-order valence-corrected chi connectivity index (χ4v) is 1.97. The summed E-state index contributed by atoms with van der Waals surface area (Å²) in [4.78, 5) is 12.1. The van der Waals surface area contributed by atoms with Crippen LogP contribution in [0.2, 0.25) is 0 Å². The number of benzene rings is 1. The van der Waals surface area contributed by atoms with Gasteiger partial charge >= 0.3 is 5.97 Å². The van der Waals surface area contributed by atoms with Crippen LogP contribution in [0.5, 0.6) is 11.5 Å². The third-order valence-electron chi connectivity index (χ3n) is 2.71. The highest BCUT2D eigenvalue weighted by atomic mass is 35.6. The molecule has 0 bridgehead atoms. The number of phenols is 2. The van der Waals surface area contributed by atoms with Crippen molar-refractivity contribution < 1.29 is 19.7 Å². The zero-order valence-corrected chi connectivity index (χ0v) is 13.3. The largest absolute Gasteiger partial charge is 0.508 e. The molecule has 7 heteroatoms. The number of alkyl halides is 3. The summed E-state index contributed by atoms with van der Waals surface area (Å²) < 4.78 is 3.20. The minimum atomic E-state index is -1.71. The van der Waals surface area contributed by atoms with Gasteiger partial charge in [0.05, 0.1) is 5.56 Å². The van der Waals surface area contributed by atoms with Crippen molar-refractivity contribution in [1.29, 1.82) is 0 Å². The Morgan fingerprint density at radius 1 is 1.30 bits per heavy atom. The van der Waals surface area contributed by atoms with E-state index in [1.807, 2.05) is 6.92 Å². The van der Waals surface area contributed by atoms with Crippen LogP contribution in [-0.2, 0) is 11.2 Å². The lowest BCUT2D eigenvalue weighted by Crippen LogP contribution is -2.19. The van der Waals surface area contributed by atoms with Gasteiger partial charge in [0.2, 0.25) is 3.79 Å². The van der Waals surface area contributed by atoms with Gasteiger partial charge < -0.3 is 14.9 Å². The molecule has 0 amide bonds. The van der Waals surface area contributed by atoms with E-state index in [2.05, 4.69) is 0 Å². The Hall–Kier alpha value is -0.840. The maximum atomic E-state index is 12.1. The lowest BCUT2D eigenvalue weighted by atomic mass is 9.96. The predicted octanol–water partition coefficient (Wildman–Crippen LogP) is 3.89. The van der Waals surface area contributed by atoms with E-state index in [1.54, 1.807) is 6.92 Å². The molecule has 20 heavy (non-hydrogen) atoms. The van der Waals surface area contributed by atoms with Crippen LogP contribution >= 0.6 is 34.8 Å². The van der Waals surface area contributed by atoms with Gasteiger partial charge in [-0.3, -0.25) is 0 Å². The topological polar surface area (TPSA) is 66.8 Å². The van der Waals surface area contributed by atoms with Gasteiger partial charge in [0.15, 0.2) is 0 Å². The third kappa shape index (κ3) is 4.33. The number of carbonyl (C=O) groups excluding carboxylic acids is 1. The zero-order valence-electron chi connectivity index (χ0n) is 11.0. The SMILES string of the molecule is CCCc1c(O)cc(O)c(C)c1C(=O)OCC(Cl)(Cl)Cl. The Balaban J connectivity index is 3.17. The van der Waals surface area contributed by atoms with Gasteiger partial charge in [-0.1, -0.05) is 48.1 Å². The van der Waals surface area contributed by atoms with Crippen molar-refractivity contribution in [2.45, 2.75) is 30.5 Å². The van der Waals surface area contributed by atoms with E-state index < -0.39 is 16.4 Å². The highest BCUT2D eigenvalue weighted by Crippen LogP contribution is 2.34. The average Bonchev–Trinajstić information content (AvgIpc) is 2.32. The van der Waals surface area contributed by atoms with Crippen LogP contribution < -0.4 is 0 Å². The molecule has 0 aliphatic carbocycles. The first-order chi connectivity index (χ1) is 9.17. The van der Waals surface area contributed by atoms with Crippen molar-refractivity contribution in [3.63, 3.8) is 0 Å². The summed E-state index contributed by atoms with van der Waals surface area (Å²) in [6.07, 6.45) is 1.17. The molecular formula is C13H15Cl3O4. The smallest absolute Gasteiger partial charge is 0.339 e. The summed E-state index contributed by atoms with van der Waals surface area (Å²) in [6.45, 7) is 3.04. The van der Waals surface area contributed by atoms with E-state index >= 15 is 0 Å². The molecule has 0 aliphatic rings. The molecular weight excluding hydrogens is 326 g/mol. The van der Waals surface area contributed by atoms with E-state index in [-0.39, 0.29) is 17.1 Å². The summed E-state index contributed by atoms with van der Waals surface area (Å²) in [5, 5.41) is 19.6. The highest BCUT2D eigenvalue weighted by Gasteiger charge is 2.26. The zero-order chi connectivity index (χ0) is 15.5. The van der Waals surface area contributed by atoms with Crippen molar-refractivity contribution in [3.05, 3.63) is 22.8 Å². The molecule has 0 saturated carbocycles. The monoisotopic (exact) mass is 340 g/mol. The lowest BCUT2D eigenvalue weighted by Gasteiger charge is -2.16. The number of rotatable bonds is 4. The minimum absolute atomic E-state index is 0.110. The van der Waals surface area contributed by atoms with Crippen LogP contribution in [0.15, 0.2) is 6.07 Å². The molecule has 0 unspecified atom stereocenters. The Kier molecular flexibility index (Phi) is 5.80. The number of halogens is 3. The summed E-state index contributed by atoms with van der Waals surface area (Å²) in [5.41, 5.74) is 0.844. The Bertz CT molecular complexity index is 509. The van der Waals surface area contributed by atoms with Crippen molar-refractivity contribution in [1.82, 2.24) is 0 Å². The summed E-state index contributed by atoms with van der Waals surface area (Å²) in [6, 6.07) is 1.20. The predicted molar refractivity (Wildman–Crippen MR) is 79.1 cm³/mol. The number of esters is 1. The van der Waals surface area contributed by atoms with Crippen molar-refractivity contribution in [2.75, 3.05) is 6.61 Å². The van der Waals surface area contributed by atoms with Crippen LogP contribution in [0.4, 0.5) is 0 Å². The van der Waals surface area contributed by atoms with E-state index in [4.69, 9.17) is 39.5 Å². The molecule has 0 atom stereocenters. The fourth-order valence-electron chi connectivity index (χ4n) is 1.81. The highest BCUT2D eigenvalue weighted by molar-refractivity contribution is 6.67. The molecule has 112 valence electrons. The van der Waals surface area contributed by atoms with Gasteiger partial charge in [-0.15, -0.1) is 0 Å². The first-order valence-corrected chi connectivity index (χ1v) is 7.09. The molecule has 0 saturated heterocycles. The molecule has 1 aromatic rings. The molecule has 0 spiro atoms. The standard InChI is InChI=1S/C13H15Cl3O4/c1-3-4-8-10(18)5-9(17)7(2)11(8)12(19)20-6-13(14,15)16/h5,17-18H,3-4,6H2,1-2H3. The Morgan fingerprint density at radius 3 is 2.40 bits per heavy atom. The Morgan fingerprint density at radius 2 is 1.90 bits per heavy atom. The normalized spacial score (nSPS) is 11.4. The molecule has 0 radical (unpaired) electrons. The van der Waals surface area contributed by atoms with Crippen molar-refractivity contribution in [3.8, 4) is 11.5 Å². The second-order valence-electron chi connectivity index (χ2n) is 4.33. The fraction of sp³-hybridized carbons (Fsp3) is 0.462. The number of ether oxygens (including phenoxy) is 1. The first-order valence-electron chi connectivity index (χ1n) is 5.95. The molecule has 1 rings (SSSR count). The van der Waals surface area contributed by atoms with Crippen LogP contribution in [-0.4, -0.2) is 26.6 Å². The number of aromatic hydroxyl groups is 2. The third-order valence-corrected chi connectivity index (χ3v) is 3.04. The van der Waals surface area contributed by atoms with Crippen LogP contribution in [0, 0.1) is 6.92 Å². The minimum Gasteiger partial charge on any atom is -0.508 e. The van der Waals surface area contributed by atoms with Crippen molar-refractivity contribution in [2.24, 2.45) is 0 Å². The Labute approximate surface area is 132 Å². The van der Waals surface area contributed by atoms with Crippen LogP contribution in [0.3, 0.4) is 0 Å². The number of hydrogen-bond donors (Lipinski definition) is 2. The van der Waals surface area contributed by atoms with Crippen LogP contribution in [0.25, 0.3) is 0 Å². The molecule has 2 N–H and O–H groups in total. The summed E-state index contributed by atoms with van der Waals surface area (Å²) in [5.74, 6) is -1.09. The molecule has 0 aromatic heterocycles. The molecule has 0 fully saturated rings. The van der Waals surface area contributed by atoms with Gasteiger partial charge in [0.1, 0.15) is 18.1 Å². The quantitative estimate of drug-likeness (QED) is 0.644. The molecule has 0 aliphatic heterocycles. The van der Waals surface area contributed by atoms with Gasteiger partial charge in [0, 0.05) is 17.2 Å². The number of phenolic OH excluding ortho intramolecular Hbond substituents is 2. The number of carbonyl (C=O) groups is 1. The van der Waals surface area contributed by atoms with Gasteiger partial charge in [-0.2, -0.15) is 0 Å². The van der Waals surface area contributed by atoms with E-state index in [1.165, 1.54) is 6.07 Å². The van der Waals surface area contributed by atoms with E-state index in [0.717, 1.165) is 0 Å². The van der Waals surface area contributed by atoms with Gasteiger partial charge in [-0.05, 0) is 13.3 Å². The maximum absolute atomic E-state index is 12.1. The molecule has 0 heterocycles. The average molecular weight is 342 g/mol. The van der Waals surface area contributed by atoms with Crippen LogP contribution in [0.1, 0.15) is 34.8 Å². The van der Waals surface area contributed by atoms with E-state index in [0.29, 0.717) is 24.0 Å². The summed E-state index contributed by atoms with van der Waals surface area (Å²) >= 11 is 16.6. The maximum Gasteiger partial charge on any atom is 0.339 e.